The van der Waals surface area contributed by atoms with Gasteiger partial charge in [-0.25, -0.2) is 15.0 Å². The van der Waals surface area contributed by atoms with Crippen LogP contribution in [0, 0.1) is 5.92 Å². The number of imidazole rings is 1. The lowest BCUT2D eigenvalue weighted by atomic mass is 9.94. The molecule has 2 aromatic rings. The Morgan fingerprint density at radius 1 is 1.29 bits per heavy atom. The van der Waals surface area contributed by atoms with Crippen molar-refractivity contribution in [2.75, 3.05) is 19.6 Å². The highest BCUT2D eigenvalue weighted by molar-refractivity contribution is 5.93. The van der Waals surface area contributed by atoms with Crippen molar-refractivity contribution in [1.82, 2.24) is 29.7 Å². The third kappa shape index (κ3) is 5.37. The van der Waals surface area contributed by atoms with Crippen molar-refractivity contribution in [2.24, 2.45) is 5.92 Å². The normalized spacial score (nSPS) is 17.0. The Kier molecular flexibility index (Phi) is 6.73. The Balaban J connectivity index is 1.47. The summed E-state index contributed by atoms with van der Waals surface area (Å²) in [6.45, 7) is 6.62. The number of nitrogens with one attached hydrogen (secondary N) is 1. The van der Waals surface area contributed by atoms with Crippen LogP contribution in [-0.2, 0) is 11.3 Å². The number of hydrogen-bond donors (Lipinski definition) is 1. The van der Waals surface area contributed by atoms with Crippen molar-refractivity contribution < 1.29 is 9.59 Å². The van der Waals surface area contributed by atoms with Gasteiger partial charge in [0, 0.05) is 63.3 Å². The van der Waals surface area contributed by atoms with Crippen molar-refractivity contribution in [1.29, 1.82) is 0 Å². The lowest BCUT2D eigenvalue weighted by Crippen LogP contribution is -2.41. The molecule has 3 rings (SSSR count). The predicted molar refractivity (Wildman–Crippen MR) is 105 cm³/mol. The second-order valence-corrected chi connectivity index (χ2v) is 7.60. The minimum Gasteiger partial charge on any atom is -0.354 e. The minimum atomic E-state index is -0.0551. The van der Waals surface area contributed by atoms with Crippen LogP contribution in [0.5, 0.6) is 0 Å². The fourth-order valence-electron chi connectivity index (χ4n) is 3.42. The van der Waals surface area contributed by atoms with Gasteiger partial charge in [-0.05, 0) is 18.8 Å². The van der Waals surface area contributed by atoms with E-state index in [1.165, 1.54) is 0 Å². The molecule has 1 atom stereocenters. The lowest BCUT2D eigenvalue weighted by Gasteiger charge is -2.32. The van der Waals surface area contributed by atoms with E-state index in [-0.39, 0.29) is 23.7 Å². The van der Waals surface area contributed by atoms with Crippen LogP contribution >= 0.6 is 0 Å². The Bertz CT molecular complexity index is 773. The number of carbonyl (C=O) groups is 2. The zero-order valence-electron chi connectivity index (χ0n) is 16.5. The van der Waals surface area contributed by atoms with Crippen molar-refractivity contribution >= 4 is 11.8 Å². The van der Waals surface area contributed by atoms with Gasteiger partial charge in [-0.15, -0.1) is 0 Å². The van der Waals surface area contributed by atoms with E-state index in [1.807, 2.05) is 29.5 Å². The first-order valence-corrected chi connectivity index (χ1v) is 9.86. The van der Waals surface area contributed by atoms with Gasteiger partial charge in [0.1, 0.15) is 5.82 Å². The molecule has 8 nitrogen and oxygen atoms in total. The van der Waals surface area contributed by atoms with E-state index in [0.717, 1.165) is 18.7 Å². The number of carbonyl (C=O) groups excluding carboxylic acids is 2. The van der Waals surface area contributed by atoms with Crippen molar-refractivity contribution in [3.8, 4) is 0 Å². The molecule has 2 aromatic heterocycles. The maximum absolute atomic E-state index is 12.8. The van der Waals surface area contributed by atoms with E-state index in [9.17, 15) is 9.59 Å². The van der Waals surface area contributed by atoms with Crippen LogP contribution < -0.4 is 5.32 Å². The van der Waals surface area contributed by atoms with Crippen molar-refractivity contribution in [3.05, 3.63) is 42.5 Å². The average Bonchev–Trinajstić information content (AvgIpc) is 3.21. The van der Waals surface area contributed by atoms with E-state index >= 15 is 0 Å². The van der Waals surface area contributed by atoms with Gasteiger partial charge in [0.05, 0.1) is 11.9 Å². The SMILES string of the molecule is CC(C)c1ncc(C(=O)N2CCC[C@H](CC(=O)NCCn3ccnc3)C2)cn1. The van der Waals surface area contributed by atoms with Crippen LogP contribution in [0.3, 0.4) is 0 Å². The molecule has 0 aliphatic carbocycles. The second-order valence-electron chi connectivity index (χ2n) is 7.60. The Hall–Kier alpha value is -2.77. The van der Waals surface area contributed by atoms with Crippen LogP contribution in [0.25, 0.3) is 0 Å². The van der Waals surface area contributed by atoms with Crippen LogP contribution in [0.4, 0.5) is 0 Å². The van der Waals surface area contributed by atoms with Gasteiger partial charge < -0.3 is 14.8 Å². The summed E-state index contributed by atoms with van der Waals surface area (Å²) < 4.78 is 1.92. The molecule has 1 aliphatic rings. The maximum Gasteiger partial charge on any atom is 0.256 e. The average molecular weight is 384 g/mol. The molecule has 0 unspecified atom stereocenters. The van der Waals surface area contributed by atoms with Gasteiger partial charge >= 0.3 is 0 Å². The van der Waals surface area contributed by atoms with E-state index in [2.05, 4.69) is 20.3 Å². The molecular weight excluding hydrogens is 356 g/mol. The molecule has 150 valence electrons. The highest BCUT2D eigenvalue weighted by Gasteiger charge is 2.26. The number of piperidine rings is 1. The van der Waals surface area contributed by atoms with E-state index < -0.39 is 0 Å². The van der Waals surface area contributed by atoms with Crippen molar-refractivity contribution in [2.45, 2.75) is 45.6 Å². The predicted octanol–water partition coefficient (Wildman–Crippen LogP) is 1.86. The largest absolute Gasteiger partial charge is 0.354 e. The monoisotopic (exact) mass is 384 g/mol. The summed E-state index contributed by atoms with van der Waals surface area (Å²) in [5, 5.41) is 2.95. The molecule has 0 radical (unpaired) electrons. The number of likely N-dealkylation sites (tertiary alicyclic amines) is 1. The molecule has 0 saturated carbocycles. The third-order valence-electron chi connectivity index (χ3n) is 4.97. The fourth-order valence-corrected chi connectivity index (χ4v) is 3.42. The molecular formula is C20H28N6O2. The summed E-state index contributed by atoms with van der Waals surface area (Å²) in [6, 6.07) is 0. The van der Waals surface area contributed by atoms with Gasteiger partial charge in [-0.1, -0.05) is 13.8 Å². The summed E-state index contributed by atoms with van der Waals surface area (Å²) in [6.07, 6.45) is 10.8. The van der Waals surface area contributed by atoms with Gasteiger partial charge in [0.15, 0.2) is 0 Å². The first-order valence-electron chi connectivity index (χ1n) is 9.86. The molecule has 1 fully saturated rings. The molecule has 0 bridgehead atoms. The quantitative estimate of drug-likeness (QED) is 0.786. The minimum absolute atomic E-state index is 0.0315. The second kappa shape index (κ2) is 9.43. The number of nitrogens with zero attached hydrogens (tertiary/aromatic N) is 5. The summed E-state index contributed by atoms with van der Waals surface area (Å²) in [5.41, 5.74) is 0.509. The van der Waals surface area contributed by atoms with E-state index in [0.29, 0.717) is 38.2 Å². The van der Waals surface area contributed by atoms with Crippen LogP contribution in [0.1, 0.15) is 55.2 Å². The van der Waals surface area contributed by atoms with Crippen LogP contribution in [0.2, 0.25) is 0 Å². The highest BCUT2D eigenvalue weighted by atomic mass is 16.2. The summed E-state index contributed by atoms with van der Waals surface area (Å²) in [4.78, 5) is 39.4. The molecule has 1 saturated heterocycles. The molecule has 1 N–H and O–H groups in total. The summed E-state index contributed by atoms with van der Waals surface area (Å²) in [5.74, 6) is 1.13. The van der Waals surface area contributed by atoms with Gasteiger partial charge in [-0.3, -0.25) is 9.59 Å². The summed E-state index contributed by atoms with van der Waals surface area (Å²) in [7, 11) is 0. The molecule has 2 amide bonds. The maximum atomic E-state index is 12.8. The zero-order chi connectivity index (χ0) is 19.9. The molecule has 3 heterocycles. The molecule has 28 heavy (non-hydrogen) atoms. The Labute approximate surface area is 165 Å². The van der Waals surface area contributed by atoms with Crippen molar-refractivity contribution in [3.63, 3.8) is 0 Å². The third-order valence-corrected chi connectivity index (χ3v) is 4.97. The Morgan fingerprint density at radius 3 is 2.75 bits per heavy atom. The summed E-state index contributed by atoms with van der Waals surface area (Å²) >= 11 is 0. The van der Waals surface area contributed by atoms with E-state index in [1.54, 1.807) is 24.9 Å². The van der Waals surface area contributed by atoms with Gasteiger partial charge in [0.25, 0.3) is 5.91 Å². The highest BCUT2D eigenvalue weighted by Crippen LogP contribution is 2.21. The molecule has 8 heteroatoms. The fraction of sp³-hybridized carbons (Fsp3) is 0.550. The van der Waals surface area contributed by atoms with Crippen LogP contribution in [0.15, 0.2) is 31.1 Å². The first-order chi connectivity index (χ1) is 13.5. The smallest absolute Gasteiger partial charge is 0.256 e. The number of aromatic nitrogens is 4. The standard InChI is InChI=1S/C20H28N6O2/c1-15(2)19-23-11-17(12-24-19)20(28)26-7-3-4-16(13-26)10-18(27)22-6-9-25-8-5-21-14-25/h5,8,11-12,14-16H,3-4,6-7,9-10,13H2,1-2H3,(H,22,27)/t16-/m1/s1. The topological polar surface area (TPSA) is 93.0 Å². The molecule has 0 spiro atoms. The van der Waals surface area contributed by atoms with Gasteiger partial charge in [0.2, 0.25) is 5.91 Å². The van der Waals surface area contributed by atoms with Gasteiger partial charge in [-0.2, -0.15) is 0 Å². The number of hydrogen-bond acceptors (Lipinski definition) is 5. The molecule has 1 aliphatic heterocycles. The van der Waals surface area contributed by atoms with E-state index in [4.69, 9.17) is 0 Å². The zero-order valence-corrected chi connectivity index (χ0v) is 16.5. The van der Waals surface area contributed by atoms with Crippen LogP contribution in [-0.4, -0.2) is 55.9 Å². The first kappa shape index (κ1) is 20.0. The Morgan fingerprint density at radius 2 is 2.07 bits per heavy atom. The number of rotatable bonds is 7. The lowest BCUT2D eigenvalue weighted by molar-refractivity contribution is -0.122. The number of amides is 2. The molecule has 0 aromatic carbocycles.